The van der Waals surface area contributed by atoms with E-state index < -0.39 is 34.9 Å². The van der Waals surface area contributed by atoms with Crippen LogP contribution in [0.25, 0.3) is 0 Å². The number of aliphatic hydroxyl groups is 1. The van der Waals surface area contributed by atoms with E-state index in [1.54, 1.807) is 38.2 Å². The predicted octanol–water partition coefficient (Wildman–Crippen LogP) is 5.38. The summed E-state index contributed by atoms with van der Waals surface area (Å²) >= 11 is 0. The number of nitrogens with zero attached hydrogens (tertiary/aromatic N) is 2. The summed E-state index contributed by atoms with van der Waals surface area (Å²) < 4.78 is 40.7. The van der Waals surface area contributed by atoms with Crippen molar-refractivity contribution in [1.29, 1.82) is 0 Å². The first-order valence-corrected chi connectivity index (χ1v) is 11.7. The molecule has 0 unspecified atom stereocenters. The Labute approximate surface area is 208 Å². The second-order valence-electron chi connectivity index (χ2n) is 9.30. The number of nitrogens with one attached hydrogen (secondary N) is 1. The molecule has 0 aliphatic carbocycles. The summed E-state index contributed by atoms with van der Waals surface area (Å²) in [4.78, 5) is 19.4. The first-order valence-electron chi connectivity index (χ1n) is 11.7. The normalized spacial score (nSPS) is 15.2. The fourth-order valence-electron chi connectivity index (χ4n) is 3.82. The highest BCUT2D eigenvalue weighted by Crippen LogP contribution is 2.41. The highest BCUT2D eigenvalue weighted by atomic mass is 19.1. The molecule has 1 atom stereocenters. The maximum atomic E-state index is 14.7. The van der Waals surface area contributed by atoms with Crippen molar-refractivity contribution < 1.29 is 28.2 Å². The van der Waals surface area contributed by atoms with Gasteiger partial charge in [-0.1, -0.05) is 19.1 Å². The quantitative estimate of drug-likeness (QED) is 0.456. The molecule has 0 saturated carbocycles. The largest absolute Gasteiger partial charge is 0.488 e. The van der Waals surface area contributed by atoms with E-state index in [9.17, 15) is 18.7 Å². The summed E-state index contributed by atoms with van der Waals surface area (Å²) in [7, 11) is 0. The zero-order valence-electron chi connectivity index (χ0n) is 20.6. The number of halogens is 2. The molecule has 1 aliphatic heterocycles. The number of carbonyl (C=O) groups excluding carboxylic acids is 1. The summed E-state index contributed by atoms with van der Waals surface area (Å²) in [5.41, 5.74) is 0.893. The van der Waals surface area contributed by atoms with E-state index >= 15 is 0 Å². The number of para-hydroxylation sites is 1. The molecule has 3 aromatic rings. The molecule has 2 N–H and O–H groups in total. The third-order valence-electron chi connectivity index (χ3n) is 6.12. The average Bonchev–Trinajstić information content (AvgIpc) is 2.85. The number of rotatable bonds is 7. The molecule has 1 amide bonds. The number of ether oxygens (including phenoxy) is 2. The first kappa shape index (κ1) is 25.4. The molecule has 1 aromatic heterocycles. The van der Waals surface area contributed by atoms with E-state index in [1.807, 2.05) is 30.9 Å². The number of aryl methyl sites for hydroxylation is 1. The molecule has 4 rings (SSSR count). The van der Waals surface area contributed by atoms with Crippen LogP contribution in [0.3, 0.4) is 0 Å². The topological polar surface area (TPSA) is 83.9 Å². The van der Waals surface area contributed by atoms with Crippen molar-refractivity contribution in [3.05, 3.63) is 71.4 Å². The van der Waals surface area contributed by atoms with Crippen molar-refractivity contribution in [2.24, 2.45) is 0 Å². The lowest BCUT2D eigenvalue weighted by molar-refractivity contribution is 0.0934. The molecular weight excluding hydrogens is 468 g/mol. The molecule has 190 valence electrons. The Morgan fingerprint density at radius 2 is 1.97 bits per heavy atom. The molecule has 0 saturated heterocycles. The van der Waals surface area contributed by atoms with Crippen LogP contribution in [-0.2, 0) is 0 Å². The predicted molar refractivity (Wildman–Crippen MR) is 133 cm³/mol. The Morgan fingerprint density at radius 1 is 1.25 bits per heavy atom. The second-order valence-corrected chi connectivity index (χ2v) is 9.30. The number of carbonyl (C=O) groups is 1. The minimum Gasteiger partial charge on any atom is -0.488 e. The summed E-state index contributed by atoms with van der Waals surface area (Å²) in [6.07, 6.45) is 2.27. The Hall–Kier alpha value is -3.72. The Bertz CT molecular complexity index is 1240. The highest BCUT2D eigenvalue weighted by Gasteiger charge is 2.32. The lowest BCUT2D eigenvalue weighted by atomic mass is 10.1. The molecule has 36 heavy (non-hydrogen) atoms. The number of aromatic nitrogens is 1. The van der Waals surface area contributed by atoms with Crippen LogP contribution < -0.4 is 19.7 Å². The van der Waals surface area contributed by atoms with Crippen molar-refractivity contribution in [1.82, 2.24) is 4.98 Å². The smallest absolute Gasteiger partial charge is 0.259 e. The van der Waals surface area contributed by atoms with E-state index in [0.29, 0.717) is 17.9 Å². The third kappa shape index (κ3) is 5.11. The van der Waals surface area contributed by atoms with Crippen LogP contribution in [-0.4, -0.2) is 40.9 Å². The molecule has 2 aromatic carbocycles. The maximum Gasteiger partial charge on any atom is 0.259 e. The number of benzene rings is 2. The molecule has 0 bridgehead atoms. The van der Waals surface area contributed by atoms with Gasteiger partial charge in [0.05, 0.1) is 23.9 Å². The van der Waals surface area contributed by atoms with Crippen molar-refractivity contribution in [2.75, 3.05) is 23.4 Å². The molecule has 9 heteroatoms. The van der Waals surface area contributed by atoms with Gasteiger partial charge >= 0.3 is 0 Å². The molecule has 0 fully saturated rings. The molecule has 0 radical (unpaired) electrons. The molecule has 1 aliphatic rings. The fourth-order valence-corrected chi connectivity index (χ4v) is 3.82. The Morgan fingerprint density at radius 3 is 2.58 bits per heavy atom. The van der Waals surface area contributed by atoms with Crippen molar-refractivity contribution in [3.8, 4) is 11.5 Å². The van der Waals surface area contributed by atoms with Gasteiger partial charge < -0.3 is 24.8 Å². The monoisotopic (exact) mass is 497 g/mol. The molecular formula is C27H29F2N3O4. The number of pyridine rings is 1. The van der Waals surface area contributed by atoms with Gasteiger partial charge in [0.1, 0.15) is 18.0 Å². The number of hydrogen-bond donors (Lipinski definition) is 2. The Balaban J connectivity index is 1.64. The van der Waals surface area contributed by atoms with Gasteiger partial charge in [0.2, 0.25) is 0 Å². The van der Waals surface area contributed by atoms with Gasteiger partial charge in [0.25, 0.3) is 5.91 Å². The minimum atomic E-state index is -0.916. The van der Waals surface area contributed by atoms with Crippen LogP contribution in [0.1, 0.15) is 43.1 Å². The van der Waals surface area contributed by atoms with Gasteiger partial charge in [0.15, 0.2) is 23.1 Å². The summed E-state index contributed by atoms with van der Waals surface area (Å²) in [5, 5.41) is 12.5. The van der Waals surface area contributed by atoms with E-state index in [2.05, 4.69) is 10.3 Å². The third-order valence-corrected chi connectivity index (χ3v) is 6.12. The van der Waals surface area contributed by atoms with Gasteiger partial charge in [-0.15, -0.1) is 0 Å². The van der Waals surface area contributed by atoms with Gasteiger partial charge in [-0.25, -0.2) is 13.8 Å². The number of amides is 1. The molecule has 7 nitrogen and oxygen atoms in total. The van der Waals surface area contributed by atoms with E-state index in [1.165, 1.54) is 0 Å². The maximum absolute atomic E-state index is 14.7. The lowest BCUT2D eigenvalue weighted by Gasteiger charge is -2.37. The van der Waals surface area contributed by atoms with Crippen LogP contribution in [0.5, 0.6) is 11.5 Å². The van der Waals surface area contributed by atoms with Crippen LogP contribution in [0.4, 0.5) is 26.0 Å². The van der Waals surface area contributed by atoms with Gasteiger partial charge in [-0.05, 0) is 51.0 Å². The highest BCUT2D eigenvalue weighted by molar-refractivity contribution is 6.07. The summed E-state index contributed by atoms with van der Waals surface area (Å²) in [6.45, 7) is 7.17. The number of fused-ring (bicyclic) bond motifs is 1. The van der Waals surface area contributed by atoms with Gasteiger partial charge in [0, 0.05) is 24.0 Å². The van der Waals surface area contributed by atoms with Crippen molar-refractivity contribution in [3.63, 3.8) is 0 Å². The van der Waals surface area contributed by atoms with Crippen LogP contribution in [0.2, 0.25) is 0 Å². The molecule has 0 spiro atoms. The summed E-state index contributed by atoms with van der Waals surface area (Å²) in [5.74, 6) is -2.05. The van der Waals surface area contributed by atoms with Crippen LogP contribution in [0, 0.1) is 18.6 Å². The number of hydrogen-bond acceptors (Lipinski definition) is 6. The van der Waals surface area contributed by atoms with Gasteiger partial charge in [-0.2, -0.15) is 0 Å². The van der Waals surface area contributed by atoms with E-state index in [4.69, 9.17) is 9.47 Å². The average molecular weight is 498 g/mol. The first-order chi connectivity index (χ1) is 17.1. The summed E-state index contributed by atoms with van der Waals surface area (Å²) in [6, 6.07) is 10.3. The van der Waals surface area contributed by atoms with E-state index in [0.717, 1.165) is 17.7 Å². The minimum absolute atomic E-state index is 0.0599. The lowest BCUT2D eigenvalue weighted by Crippen LogP contribution is -2.43. The zero-order valence-corrected chi connectivity index (χ0v) is 20.6. The van der Waals surface area contributed by atoms with Gasteiger partial charge in [-0.3, -0.25) is 4.79 Å². The molecule has 2 heterocycles. The van der Waals surface area contributed by atoms with Crippen LogP contribution >= 0.6 is 0 Å². The van der Waals surface area contributed by atoms with Crippen molar-refractivity contribution >= 4 is 23.1 Å². The number of aliphatic hydroxyl groups excluding tert-OH is 1. The standard InChI is InChI=1S/C27H29F2N3O4/c1-5-27(3,4)36-25-20(28)11-17(12-21(25)29)31-26(34)19-7-6-8-22-24(19)35-15-18(14-33)32(22)23-10-9-16(2)13-30-23/h6-13,18,33H,5,14-15H2,1-4H3,(H,31,34)/t18-/m0/s1. The second kappa shape index (κ2) is 10.1. The number of anilines is 3. The fraction of sp³-hybridized carbons (Fsp3) is 0.333. The SMILES string of the molecule is CCC(C)(C)Oc1c(F)cc(NC(=O)c2cccc3c2OC[C@H](CO)N3c2ccc(C)cn2)cc1F. The van der Waals surface area contributed by atoms with Crippen LogP contribution in [0.15, 0.2) is 48.7 Å². The van der Waals surface area contributed by atoms with Crippen molar-refractivity contribution in [2.45, 2.75) is 45.8 Å². The Kier molecular flexibility index (Phi) is 7.12. The van der Waals surface area contributed by atoms with E-state index in [-0.39, 0.29) is 30.2 Å². The zero-order chi connectivity index (χ0) is 26.0.